The standard InChI is InChI=1S/C17H26N2O4/c1-13(18(5)16(21)23-17(2,3)4)15(20)19(6)22-12-14-10-8-7-9-11-14/h7-11,13H,12H2,1-6H3. The van der Waals surface area contributed by atoms with Gasteiger partial charge < -0.3 is 4.74 Å². The second kappa shape index (κ2) is 7.97. The fraction of sp³-hybridized carbons (Fsp3) is 0.529. The lowest BCUT2D eigenvalue weighted by Gasteiger charge is -2.30. The number of ether oxygens (including phenoxy) is 1. The van der Waals surface area contributed by atoms with E-state index in [1.807, 2.05) is 30.3 Å². The van der Waals surface area contributed by atoms with Crippen LogP contribution in [0.5, 0.6) is 0 Å². The van der Waals surface area contributed by atoms with Gasteiger partial charge in [0, 0.05) is 14.1 Å². The summed E-state index contributed by atoms with van der Waals surface area (Å²) in [7, 11) is 3.06. The molecule has 0 radical (unpaired) electrons. The van der Waals surface area contributed by atoms with E-state index in [-0.39, 0.29) is 12.5 Å². The predicted octanol–water partition coefficient (Wildman–Crippen LogP) is 2.83. The van der Waals surface area contributed by atoms with Crippen molar-refractivity contribution in [3.63, 3.8) is 0 Å². The van der Waals surface area contributed by atoms with Crippen LogP contribution in [0.25, 0.3) is 0 Å². The number of carbonyl (C=O) groups is 2. The van der Waals surface area contributed by atoms with Gasteiger partial charge in [-0.25, -0.2) is 9.86 Å². The zero-order chi connectivity index (χ0) is 17.6. The SMILES string of the molecule is CC(C(=O)N(C)OCc1ccccc1)N(C)C(=O)OC(C)(C)C. The number of nitrogens with zero attached hydrogens (tertiary/aromatic N) is 2. The largest absolute Gasteiger partial charge is 0.444 e. The van der Waals surface area contributed by atoms with Crippen LogP contribution in [0.4, 0.5) is 4.79 Å². The molecule has 23 heavy (non-hydrogen) atoms. The number of hydroxylamine groups is 2. The lowest BCUT2D eigenvalue weighted by atomic mass is 10.2. The minimum Gasteiger partial charge on any atom is -0.444 e. The normalized spacial score (nSPS) is 12.4. The molecule has 0 heterocycles. The number of carbonyl (C=O) groups excluding carboxylic acids is 2. The molecular formula is C17H26N2O4. The van der Waals surface area contributed by atoms with Crippen LogP contribution < -0.4 is 0 Å². The number of benzene rings is 1. The molecule has 1 unspecified atom stereocenters. The molecule has 0 aliphatic heterocycles. The molecule has 0 saturated carbocycles. The van der Waals surface area contributed by atoms with E-state index >= 15 is 0 Å². The van der Waals surface area contributed by atoms with Crippen molar-refractivity contribution in [1.82, 2.24) is 9.96 Å². The van der Waals surface area contributed by atoms with Crippen molar-refractivity contribution in [3.8, 4) is 0 Å². The Balaban J connectivity index is 2.55. The Bertz CT molecular complexity index is 525. The van der Waals surface area contributed by atoms with Crippen molar-refractivity contribution in [2.24, 2.45) is 0 Å². The molecule has 1 rings (SSSR count). The van der Waals surface area contributed by atoms with Gasteiger partial charge in [0.25, 0.3) is 5.91 Å². The van der Waals surface area contributed by atoms with Crippen molar-refractivity contribution in [1.29, 1.82) is 0 Å². The Morgan fingerprint density at radius 2 is 1.70 bits per heavy atom. The van der Waals surface area contributed by atoms with E-state index in [1.165, 1.54) is 19.0 Å². The van der Waals surface area contributed by atoms with Gasteiger partial charge in [0.2, 0.25) is 0 Å². The van der Waals surface area contributed by atoms with Crippen LogP contribution in [-0.2, 0) is 21.0 Å². The molecule has 0 aromatic heterocycles. The second-order valence-corrected chi connectivity index (χ2v) is 6.36. The maximum absolute atomic E-state index is 12.3. The lowest BCUT2D eigenvalue weighted by Crippen LogP contribution is -2.47. The summed E-state index contributed by atoms with van der Waals surface area (Å²) < 4.78 is 5.26. The first-order valence-electron chi connectivity index (χ1n) is 7.52. The van der Waals surface area contributed by atoms with Crippen LogP contribution in [0, 0.1) is 0 Å². The summed E-state index contributed by atoms with van der Waals surface area (Å²) in [5.41, 5.74) is 0.351. The fourth-order valence-electron chi connectivity index (χ4n) is 1.73. The number of rotatable bonds is 5. The third kappa shape index (κ3) is 6.28. The molecule has 6 heteroatoms. The molecule has 0 bridgehead atoms. The second-order valence-electron chi connectivity index (χ2n) is 6.36. The highest BCUT2D eigenvalue weighted by Gasteiger charge is 2.29. The summed E-state index contributed by atoms with van der Waals surface area (Å²) in [5, 5.41) is 1.15. The summed E-state index contributed by atoms with van der Waals surface area (Å²) in [5.74, 6) is -0.325. The van der Waals surface area contributed by atoms with Gasteiger partial charge in [-0.3, -0.25) is 14.5 Å². The molecule has 1 aromatic rings. The molecule has 0 spiro atoms. The van der Waals surface area contributed by atoms with E-state index in [1.54, 1.807) is 27.7 Å². The van der Waals surface area contributed by atoms with Gasteiger partial charge in [-0.2, -0.15) is 0 Å². The molecule has 1 atom stereocenters. The number of amides is 2. The van der Waals surface area contributed by atoms with Crippen molar-refractivity contribution < 1.29 is 19.2 Å². The first-order chi connectivity index (χ1) is 10.6. The molecule has 1 aromatic carbocycles. The first-order valence-corrected chi connectivity index (χ1v) is 7.52. The molecule has 0 fully saturated rings. The third-order valence-corrected chi connectivity index (χ3v) is 3.20. The van der Waals surface area contributed by atoms with Crippen LogP contribution in [0.1, 0.15) is 33.3 Å². The summed E-state index contributed by atoms with van der Waals surface area (Å²) in [6.07, 6.45) is -0.546. The Hall–Kier alpha value is -2.08. The van der Waals surface area contributed by atoms with E-state index in [0.29, 0.717) is 0 Å². The highest BCUT2D eigenvalue weighted by molar-refractivity contribution is 5.84. The Kier molecular flexibility index (Phi) is 6.57. The molecule has 0 aliphatic carbocycles. The molecular weight excluding hydrogens is 296 g/mol. The topological polar surface area (TPSA) is 59.1 Å². The van der Waals surface area contributed by atoms with Crippen molar-refractivity contribution in [2.75, 3.05) is 14.1 Å². The molecule has 0 aliphatic rings. The molecule has 2 amide bonds. The van der Waals surface area contributed by atoms with Crippen molar-refractivity contribution in [3.05, 3.63) is 35.9 Å². The fourth-order valence-corrected chi connectivity index (χ4v) is 1.73. The molecule has 6 nitrogen and oxygen atoms in total. The smallest absolute Gasteiger partial charge is 0.410 e. The Morgan fingerprint density at radius 1 is 1.13 bits per heavy atom. The van der Waals surface area contributed by atoms with Crippen LogP contribution in [0.3, 0.4) is 0 Å². The van der Waals surface area contributed by atoms with Crippen LogP contribution in [-0.4, -0.2) is 47.7 Å². The van der Waals surface area contributed by atoms with E-state index in [4.69, 9.17) is 9.57 Å². The van der Waals surface area contributed by atoms with Gasteiger partial charge in [0.1, 0.15) is 18.2 Å². The van der Waals surface area contributed by atoms with Gasteiger partial charge in [0.15, 0.2) is 0 Å². The number of hydrogen-bond donors (Lipinski definition) is 0. The van der Waals surface area contributed by atoms with Gasteiger partial charge in [-0.15, -0.1) is 0 Å². The van der Waals surface area contributed by atoms with Crippen LogP contribution >= 0.6 is 0 Å². The zero-order valence-corrected chi connectivity index (χ0v) is 14.7. The number of likely N-dealkylation sites (N-methyl/N-ethyl adjacent to an activating group) is 2. The summed E-state index contributed by atoms with van der Waals surface area (Å²) >= 11 is 0. The van der Waals surface area contributed by atoms with Crippen LogP contribution in [0.15, 0.2) is 30.3 Å². The summed E-state index contributed by atoms with van der Waals surface area (Å²) in [6.45, 7) is 7.25. The highest BCUT2D eigenvalue weighted by atomic mass is 16.7. The van der Waals surface area contributed by atoms with E-state index < -0.39 is 17.7 Å². The summed E-state index contributed by atoms with van der Waals surface area (Å²) in [6, 6.07) is 8.85. The first kappa shape index (κ1) is 19.0. The average Bonchev–Trinajstić information content (AvgIpc) is 2.49. The minimum absolute atomic E-state index is 0.284. The highest BCUT2D eigenvalue weighted by Crippen LogP contribution is 2.12. The maximum atomic E-state index is 12.3. The maximum Gasteiger partial charge on any atom is 0.410 e. The minimum atomic E-state index is -0.689. The molecule has 0 saturated heterocycles. The van der Waals surface area contributed by atoms with Gasteiger partial charge in [-0.1, -0.05) is 30.3 Å². The average molecular weight is 322 g/mol. The van der Waals surface area contributed by atoms with Gasteiger partial charge in [0.05, 0.1) is 0 Å². The Labute approximate surface area is 137 Å². The van der Waals surface area contributed by atoms with Crippen molar-refractivity contribution in [2.45, 2.75) is 45.9 Å². The molecule has 0 N–H and O–H groups in total. The predicted molar refractivity (Wildman–Crippen MR) is 87.5 cm³/mol. The zero-order valence-electron chi connectivity index (χ0n) is 14.7. The number of hydrogen-bond acceptors (Lipinski definition) is 4. The van der Waals surface area contributed by atoms with Crippen LogP contribution in [0.2, 0.25) is 0 Å². The third-order valence-electron chi connectivity index (χ3n) is 3.20. The van der Waals surface area contributed by atoms with Crippen molar-refractivity contribution >= 4 is 12.0 Å². The molecule has 128 valence electrons. The monoisotopic (exact) mass is 322 g/mol. The van der Waals surface area contributed by atoms with Gasteiger partial charge in [-0.05, 0) is 33.3 Å². The van der Waals surface area contributed by atoms with E-state index in [0.717, 1.165) is 10.6 Å². The van der Waals surface area contributed by atoms with Gasteiger partial charge >= 0.3 is 6.09 Å². The Morgan fingerprint density at radius 3 is 2.22 bits per heavy atom. The lowest BCUT2D eigenvalue weighted by molar-refractivity contribution is -0.186. The van der Waals surface area contributed by atoms with E-state index in [9.17, 15) is 9.59 Å². The van der Waals surface area contributed by atoms with E-state index in [2.05, 4.69) is 0 Å². The summed E-state index contributed by atoms with van der Waals surface area (Å²) in [4.78, 5) is 31.0. The quantitative estimate of drug-likeness (QED) is 0.782.